The van der Waals surface area contributed by atoms with Crippen LogP contribution in [0.5, 0.6) is 0 Å². The van der Waals surface area contributed by atoms with Crippen molar-refractivity contribution in [2.75, 3.05) is 0 Å². The van der Waals surface area contributed by atoms with Crippen molar-refractivity contribution in [2.24, 2.45) is 12.1 Å². The van der Waals surface area contributed by atoms with Gasteiger partial charge in [-0.15, -0.1) is 0 Å². The van der Waals surface area contributed by atoms with Gasteiger partial charge in [-0.1, -0.05) is 48.0 Å². The number of nitrogens with one attached hydrogen (secondary N) is 1. The second-order valence-electron chi connectivity index (χ2n) is 9.14. The number of nitrogens with zero attached hydrogens (tertiary/aromatic N) is 3. The Bertz CT molecular complexity index is 1750. The number of benzene rings is 3. The predicted octanol–water partition coefficient (Wildman–Crippen LogP) is 6.04. The molecule has 1 unspecified atom stereocenters. The zero-order chi connectivity index (χ0) is 25.0. The molecule has 1 aliphatic heterocycles. The van der Waals surface area contributed by atoms with Gasteiger partial charge in [0.2, 0.25) is 5.91 Å². The van der Waals surface area contributed by atoms with E-state index in [1.54, 1.807) is 6.07 Å². The van der Waals surface area contributed by atoms with Crippen LogP contribution in [-0.4, -0.2) is 26.2 Å². The number of H-pyrrole nitrogens is 1. The fraction of sp³-hybridized carbons (Fsp3) is 0.138. The van der Waals surface area contributed by atoms with E-state index in [2.05, 4.69) is 27.8 Å². The quantitative estimate of drug-likeness (QED) is 0.332. The first-order chi connectivity index (χ1) is 17.4. The van der Waals surface area contributed by atoms with Crippen molar-refractivity contribution in [2.45, 2.75) is 19.4 Å². The molecule has 2 aromatic heterocycles. The largest absolute Gasteiger partial charge is 0.351 e. The highest BCUT2D eigenvalue weighted by atomic mass is 35.5. The molecule has 1 aliphatic rings. The number of hydrazone groups is 1. The van der Waals surface area contributed by atoms with Gasteiger partial charge in [0, 0.05) is 53.6 Å². The molecule has 1 atom stereocenters. The van der Waals surface area contributed by atoms with Crippen LogP contribution >= 0.6 is 11.6 Å². The van der Waals surface area contributed by atoms with Gasteiger partial charge in [-0.3, -0.25) is 9.59 Å². The van der Waals surface area contributed by atoms with Crippen LogP contribution in [0, 0.1) is 0 Å². The number of pyridine rings is 1. The monoisotopic (exact) mass is 494 g/mol. The number of aromatic nitrogens is 2. The Kier molecular flexibility index (Phi) is 5.27. The highest BCUT2D eigenvalue weighted by Crippen LogP contribution is 2.38. The molecule has 0 fully saturated rings. The first-order valence-corrected chi connectivity index (χ1v) is 12.1. The summed E-state index contributed by atoms with van der Waals surface area (Å²) in [5.74, 6) is -0.176. The Morgan fingerprint density at radius 3 is 2.61 bits per heavy atom. The van der Waals surface area contributed by atoms with Crippen LogP contribution in [-0.2, 0) is 11.8 Å². The maximum absolute atomic E-state index is 13.5. The lowest BCUT2D eigenvalue weighted by Crippen LogP contribution is -2.24. The summed E-state index contributed by atoms with van der Waals surface area (Å²) < 4.78 is 2.06. The number of aryl methyl sites for hydroxylation is 1. The SMILES string of the molecule is CC(=O)N1N=C(c2c(-c3ccccc3)c3cc(Cl)ccc3[nH]c2=O)CC1c1ccc2c(ccn2C)c1. The molecule has 0 spiro atoms. The second-order valence-corrected chi connectivity index (χ2v) is 9.57. The summed E-state index contributed by atoms with van der Waals surface area (Å²) in [4.78, 5) is 29.2. The van der Waals surface area contributed by atoms with E-state index in [1.807, 2.05) is 61.8 Å². The number of hydrogen-bond donors (Lipinski definition) is 1. The van der Waals surface area contributed by atoms with Gasteiger partial charge < -0.3 is 9.55 Å². The average molecular weight is 495 g/mol. The van der Waals surface area contributed by atoms with Crippen LogP contribution in [0.4, 0.5) is 0 Å². The standard InChI is InChI=1S/C29H23ClN4O2/c1-17(35)34-26(19-8-11-25-20(14-19)12-13-33(25)2)16-24(32-34)28-27(18-6-4-3-5-7-18)22-15-21(30)9-10-23(22)31-29(28)36/h3-15,26H,16H2,1-2H3,(H,31,36). The number of fused-ring (bicyclic) bond motifs is 2. The van der Waals surface area contributed by atoms with Crippen molar-refractivity contribution in [1.82, 2.24) is 14.6 Å². The molecule has 3 heterocycles. The van der Waals surface area contributed by atoms with Crippen molar-refractivity contribution < 1.29 is 4.79 Å². The molecule has 0 bridgehead atoms. The van der Waals surface area contributed by atoms with Crippen molar-refractivity contribution in [1.29, 1.82) is 0 Å². The molecule has 36 heavy (non-hydrogen) atoms. The molecule has 0 saturated heterocycles. The first kappa shape index (κ1) is 22.3. The van der Waals surface area contributed by atoms with Crippen molar-refractivity contribution in [3.8, 4) is 11.1 Å². The molecule has 1 N–H and O–H groups in total. The van der Waals surface area contributed by atoms with Crippen molar-refractivity contribution in [3.63, 3.8) is 0 Å². The third-order valence-electron chi connectivity index (χ3n) is 6.85. The number of aromatic amines is 1. The molecule has 6 rings (SSSR count). The number of halogens is 1. The van der Waals surface area contributed by atoms with Gasteiger partial charge in [0.05, 0.1) is 17.3 Å². The normalized spacial score (nSPS) is 15.6. The second kappa shape index (κ2) is 8.50. The van der Waals surface area contributed by atoms with Gasteiger partial charge in [0.15, 0.2) is 0 Å². The van der Waals surface area contributed by atoms with Crippen molar-refractivity contribution in [3.05, 3.63) is 105 Å². The Labute approximate surface area is 212 Å². The molecular formula is C29H23ClN4O2. The van der Waals surface area contributed by atoms with E-state index < -0.39 is 0 Å². The smallest absolute Gasteiger partial charge is 0.258 e. The number of amides is 1. The Hall–Kier alpha value is -4.16. The molecule has 6 nitrogen and oxygen atoms in total. The first-order valence-electron chi connectivity index (χ1n) is 11.7. The van der Waals surface area contributed by atoms with Crippen LogP contribution in [0.3, 0.4) is 0 Å². The van der Waals surface area contributed by atoms with Crippen LogP contribution in [0.1, 0.15) is 30.5 Å². The number of rotatable bonds is 3. The van der Waals surface area contributed by atoms with E-state index in [0.29, 0.717) is 28.2 Å². The van der Waals surface area contributed by atoms with E-state index in [0.717, 1.165) is 33.0 Å². The highest BCUT2D eigenvalue weighted by molar-refractivity contribution is 6.31. The van der Waals surface area contributed by atoms with Gasteiger partial charge in [-0.2, -0.15) is 5.10 Å². The third kappa shape index (κ3) is 3.62. The minimum absolute atomic E-state index is 0.176. The maximum atomic E-state index is 13.5. The molecule has 3 aromatic carbocycles. The Morgan fingerprint density at radius 2 is 1.83 bits per heavy atom. The number of carbonyl (C=O) groups excluding carboxylic acids is 1. The zero-order valence-corrected chi connectivity index (χ0v) is 20.6. The summed E-state index contributed by atoms with van der Waals surface area (Å²) in [6, 6.07) is 23.1. The lowest BCUT2D eigenvalue weighted by atomic mass is 9.91. The van der Waals surface area contributed by atoms with E-state index in [9.17, 15) is 9.59 Å². The van der Waals surface area contributed by atoms with Gasteiger partial charge in [0.25, 0.3) is 5.56 Å². The molecule has 1 amide bonds. The Morgan fingerprint density at radius 1 is 1.03 bits per heavy atom. The van der Waals surface area contributed by atoms with Crippen LogP contribution in [0.25, 0.3) is 32.9 Å². The lowest BCUT2D eigenvalue weighted by Gasteiger charge is -2.20. The van der Waals surface area contributed by atoms with Gasteiger partial charge >= 0.3 is 0 Å². The zero-order valence-electron chi connectivity index (χ0n) is 19.8. The number of hydrogen-bond acceptors (Lipinski definition) is 3. The summed E-state index contributed by atoms with van der Waals surface area (Å²) in [6.45, 7) is 1.50. The molecule has 0 radical (unpaired) electrons. The fourth-order valence-corrected chi connectivity index (χ4v) is 5.34. The molecule has 0 aliphatic carbocycles. The minimum Gasteiger partial charge on any atom is -0.351 e. The average Bonchev–Trinajstić information content (AvgIpc) is 3.48. The van der Waals surface area contributed by atoms with Crippen LogP contribution < -0.4 is 5.56 Å². The summed E-state index contributed by atoms with van der Waals surface area (Å²) in [5.41, 5.74) is 5.22. The summed E-state index contributed by atoms with van der Waals surface area (Å²) in [5, 5.41) is 8.71. The summed E-state index contributed by atoms with van der Waals surface area (Å²) >= 11 is 6.37. The van der Waals surface area contributed by atoms with E-state index in [4.69, 9.17) is 16.7 Å². The molecule has 7 heteroatoms. The van der Waals surface area contributed by atoms with Gasteiger partial charge in [-0.05, 0) is 52.9 Å². The fourth-order valence-electron chi connectivity index (χ4n) is 5.16. The minimum atomic E-state index is -0.305. The molecular weight excluding hydrogens is 472 g/mol. The molecule has 5 aromatic rings. The summed E-state index contributed by atoms with van der Waals surface area (Å²) in [7, 11) is 2.00. The van der Waals surface area contributed by atoms with Gasteiger partial charge in [-0.25, -0.2) is 5.01 Å². The van der Waals surface area contributed by atoms with E-state index in [1.165, 1.54) is 11.9 Å². The van der Waals surface area contributed by atoms with Gasteiger partial charge in [0.1, 0.15) is 0 Å². The lowest BCUT2D eigenvalue weighted by molar-refractivity contribution is -0.130. The molecule has 178 valence electrons. The van der Waals surface area contributed by atoms with Crippen LogP contribution in [0.2, 0.25) is 5.02 Å². The predicted molar refractivity (Wildman–Crippen MR) is 144 cm³/mol. The van der Waals surface area contributed by atoms with E-state index >= 15 is 0 Å². The Balaban J connectivity index is 1.54. The van der Waals surface area contributed by atoms with Crippen LogP contribution in [0.15, 0.2) is 88.9 Å². The number of carbonyl (C=O) groups is 1. The maximum Gasteiger partial charge on any atom is 0.258 e. The van der Waals surface area contributed by atoms with Crippen molar-refractivity contribution >= 4 is 45.0 Å². The third-order valence-corrected chi connectivity index (χ3v) is 7.09. The van der Waals surface area contributed by atoms with E-state index in [-0.39, 0.29) is 17.5 Å². The summed E-state index contributed by atoms with van der Waals surface area (Å²) in [6.07, 6.45) is 2.44. The topological polar surface area (TPSA) is 70.5 Å². The molecule has 0 saturated carbocycles. The highest BCUT2D eigenvalue weighted by Gasteiger charge is 2.34.